The molecule has 2 aromatic carbocycles. The summed E-state index contributed by atoms with van der Waals surface area (Å²) in [5.41, 5.74) is 3.44. The summed E-state index contributed by atoms with van der Waals surface area (Å²) in [6.07, 6.45) is -3.40. The van der Waals surface area contributed by atoms with Gasteiger partial charge in [0, 0.05) is 22.6 Å². The lowest BCUT2D eigenvalue weighted by atomic mass is 9.90. The highest BCUT2D eigenvalue weighted by Gasteiger charge is 2.44. The molecule has 166 valence electrons. The van der Waals surface area contributed by atoms with Gasteiger partial charge in [-0.3, -0.25) is 4.68 Å². The fraction of sp³-hybridized carbons (Fsp3) is 0.435. The molecule has 1 saturated heterocycles. The minimum atomic E-state index is -1.42. The molecule has 2 heterocycles. The number of rotatable bonds is 5. The molecule has 1 aromatic heterocycles. The van der Waals surface area contributed by atoms with Gasteiger partial charge in [0.15, 0.2) is 0 Å². The Labute approximate surface area is 185 Å². The molecule has 3 aromatic rings. The van der Waals surface area contributed by atoms with Crippen LogP contribution < -0.4 is 0 Å². The molecule has 0 radical (unpaired) electrons. The molecule has 8 heteroatoms. The molecule has 31 heavy (non-hydrogen) atoms. The summed E-state index contributed by atoms with van der Waals surface area (Å²) in [4.78, 5) is 0. The lowest BCUT2D eigenvalue weighted by Crippen LogP contribution is -2.55. The Morgan fingerprint density at radius 2 is 1.84 bits per heavy atom. The van der Waals surface area contributed by atoms with E-state index in [9.17, 15) is 20.4 Å². The molecule has 0 spiro atoms. The van der Waals surface area contributed by atoms with Crippen LogP contribution in [-0.2, 0) is 11.2 Å². The largest absolute Gasteiger partial charge is 0.394 e. The second-order valence-corrected chi connectivity index (χ2v) is 8.78. The Morgan fingerprint density at radius 3 is 2.55 bits per heavy atom. The zero-order chi connectivity index (χ0) is 22.3. The third kappa shape index (κ3) is 4.35. The van der Waals surface area contributed by atoms with Crippen LogP contribution in [0.3, 0.4) is 0 Å². The molecule has 1 fully saturated rings. The average molecular weight is 447 g/mol. The third-order valence-corrected chi connectivity index (χ3v) is 6.17. The SMILES string of the molecule is CC(C)n1cc2cc(Cc3cc(C4OC(CO)C(O)C(O)C4O)ccc3Cl)ccc2n1. The van der Waals surface area contributed by atoms with Crippen molar-refractivity contribution in [3.05, 3.63) is 64.3 Å². The Morgan fingerprint density at radius 1 is 1.06 bits per heavy atom. The first-order valence-electron chi connectivity index (χ1n) is 10.3. The van der Waals surface area contributed by atoms with Crippen LogP contribution in [0.15, 0.2) is 42.6 Å². The van der Waals surface area contributed by atoms with Crippen molar-refractivity contribution in [3.63, 3.8) is 0 Å². The summed E-state index contributed by atoms with van der Waals surface area (Å²) in [7, 11) is 0. The standard InChI is InChI=1S/C23H27ClN2O5/c1-12(2)26-10-16-8-13(3-6-18(16)25-26)7-15-9-14(4-5-17(15)24)23-22(30)21(29)20(28)19(11-27)31-23/h3-6,8-10,12,19-23,27-30H,7,11H2,1-2H3. The highest BCUT2D eigenvalue weighted by molar-refractivity contribution is 6.31. The molecule has 1 aliphatic heterocycles. The zero-order valence-electron chi connectivity index (χ0n) is 17.4. The van der Waals surface area contributed by atoms with E-state index in [4.69, 9.17) is 16.3 Å². The predicted molar refractivity (Wildman–Crippen MR) is 117 cm³/mol. The lowest BCUT2D eigenvalue weighted by molar-refractivity contribution is -0.231. The van der Waals surface area contributed by atoms with Crippen molar-refractivity contribution in [2.24, 2.45) is 0 Å². The van der Waals surface area contributed by atoms with Gasteiger partial charge in [0.2, 0.25) is 0 Å². The van der Waals surface area contributed by atoms with Gasteiger partial charge < -0.3 is 25.2 Å². The van der Waals surface area contributed by atoms with Gasteiger partial charge in [0.25, 0.3) is 0 Å². The number of aliphatic hydroxyl groups is 4. The molecule has 4 rings (SSSR count). The molecule has 0 amide bonds. The van der Waals surface area contributed by atoms with Gasteiger partial charge in [-0.15, -0.1) is 0 Å². The molecule has 0 saturated carbocycles. The van der Waals surface area contributed by atoms with E-state index in [0.717, 1.165) is 22.0 Å². The molecule has 7 nitrogen and oxygen atoms in total. The van der Waals surface area contributed by atoms with Gasteiger partial charge in [-0.25, -0.2) is 0 Å². The number of hydrogen-bond acceptors (Lipinski definition) is 6. The van der Waals surface area contributed by atoms with Gasteiger partial charge in [-0.2, -0.15) is 5.10 Å². The van der Waals surface area contributed by atoms with E-state index >= 15 is 0 Å². The van der Waals surface area contributed by atoms with Crippen LogP contribution >= 0.6 is 11.6 Å². The summed E-state index contributed by atoms with van der Waals surface area (Å²) in [5.74, 6) is 0. The van der Waals surface area contributed by atoms with Crippen LogP contribution in [-0.4, -0.2) is 61.2 Å². The summed E-state index contributed by atoms with van der Waals surface area (Å²) in [5, 5.41) is 46.2. The molecular weight excluding hydrogens is 420 g/mol. The minimum absolute atomic E-state index is 0.278. The van der Waals surface area contributed by atoms with E-state index < -0.39 is 37.1 Å². The maximum Gasteiger partial charge on any atom is 0.113 e. The van der Waals surface area contributed by atoms with Gasteiger partial charge >= 0.3 is 0 Å². The maximum atomic E-state index is 10.4. The van der Waals surface area contributed by atoms with Crippen LogP contribution in [0.1, 0.15) is 42.7 Å². The van der Waals surface area contributed by atoms with Crippen LogP contribution in [0.2, 0.25) is 5.02 Å². The van der Waals surface area contributed by atoms with E-state index in [1.165, 1.54) is 0 Å². The van der Waals surface area contributed by atoms with E-state index in [-0.39, 0.29) is 6.04 Å². The number of nitrogens with zero attached hydrogens (tertiary/aromatic N) is 2. The molecule has 5 unspecified atom stereocenters. The van der Waals surface area contributed by atoms with Crippen molar-refractivity contribution in [2.75, 3.05) is 6.61 Å². The first-order chi connectivity index (χ1) is 14.8. The van der Waals surface area contributed by atoms with Gasteiger partial charge in [-0.05, 0) is 55.2 Å². The van der Waals surface area contributed by atoms with E-state index in [0.29, 0.717) is 17.0 Å². The molecule has 0 bridgehead atoms. The third-order valence-electron chi connectivity index (χ3n) is 5.80. The quantitative estimate of drug-likeness (QED) is 0.479. The monoisotopic (exact) mass is 446 g/mol. The van der Waals surface area contributed by atoms with E-state index in [1.807, 2.05) is 29.1 Å². The van der Waals surface area contributed by atoms with Crippen molar-refractivity contribution in [2.45, 2.75) is 56.8 Å². The Bertz CT molecular complexity index is 1070. The molecule has 5 atom stereocenters. The highest BCUT2D eigenvalue weighted by atomic mass is 35.5. The molecular formula is C23H27ClN2O5. The Balaban J connectivity index is 1.61. The number of ether oxygens (including phenoxy) is 1. The number of aromatic nitrogens is 2. The molecule has 4 N–H and O–H groups in total. The fourth-order valence-electron chi connectivity index (χ4n) is 3.97. The lowest BCUT2D eigenvalue weighted by Gasteiger charge is -2.40. The van der Waals surface area contributed by atoms with Gasteiger partial charge in [0.1, 0.15) is 30.5 Å². The number of halogens is 1. The van der Waals surface area contributed by atoms with Crippen LogP contribution in [0, 0.1) is 0 Å². The average Bonchev–Trinajstić information content (AvgIpc) is 3.18. The highest BCUT2D eigenvalue weighted by Crippen LogP contribution is 2.34. The van der Waals surface area contributed by atoms with Crippen LogP contribution in [0.4, 0.5) is 0 Å². The van der Waals surface area contributed by atoms with E-state index in [1.54, 1.807) is 12.1 Å². The summed E-state index contributed by atoms with van der Waals surface area (Å²) >= 11 is 6.44. The number of benzene rings is 2. The first-order valence-corrected chi connectivity index (χ1v) is 10.7. The zero-order valence-corrected chi connectivity index (χ0v) is 18.1. The molecule has 1 aliphatic rings. The van der Waals surface area contributed by atoms with Crippen molar-refractivity contribution >= 4 is 22.5 Å². The summed E-state index contributed by atoms with van der Waals surface area (Å²) in [6.45, 7) is 3.69. The fourth-order valence-corrected chi connectivity index (χ4v) is 4.16. The topological polar surface area (TPSA) is 108 Å². The van der Waals surface area contributed by atoms with Crippen LogP contribution in [0.25, 0.3) is 10.9 Å². The van der Waals surface area contributed by atoms with Crippen molar-refractivity contribution < 1.29 is 25.2 Å². The second-order valence-electron chi connectivity index (χ2n) is 8.37. The van der Waals surface area contributed by atoms with Crippen molar-refractivity contribution in [1.82, 2.24) is 9.78 Å². The summed E-state index contributed by atoms with van der Waals surface area (Å²) < 4.78 is 7.61. The normalized spacial score (nSPS) is 26.6. The number of fused-ring (bicyclic) bond motifs is 1. The molecule has 0 aliphatic carbocycles. The van der Waals surface area contributed by atoms with E-state index in [2.05, 4.69) is 25.0 Å². The minimum Gasteiger partial charge on any atom is -0.394 e. The van der Waals surface area contributed by atoms with Crippen molar-refractivity contribution in [1.29, 1.82) is 0 Å². The Kier molecular flexibility index (Phi) is 6.35. The van der Waals surface area contributed by atoms with Gasteiger partial charge in [-0.1, -0.05) is 29.8 Å². The smallest absolute Gasteiger partial charge is 0.113 e. The first kappa shape index (κ1) is 22.2. The number of hydrogen-bond donors (Lipinski definition) is 4. The van der Waals surface area contributed by atoms with Crippen molar-refractivity contribution in [3.8, 4) is 0 Å². The summed E-state index contributed by atoms with van der Waals surface area (Å²) in [6, 6.07) is 11.6. The number of aliphatic hydroxyl groups excluding tert-OH is 4. The second kappa shape index (κ2) is 8.86. The Hall–Kier alpha value is -2.00. The van der Waals surface area contributed by atoms with Crippen LogP contribution in [0.5, 0.6) is 0 Å². The van der Waals surface area contributed by atoms with Gasteiger partial charge in [0.05, 0.1) is 12.1 Å². The predicted octanol–water partition coefficient (Wildman–Crippen LogP) is 2.38. The maximum absolute atomic E-state index is 10.4.